The molecule has 2 rings (SSSR count). The number of benzene rings is 1. The number of piperidine rings is 1. The van der Waals surface area contributed by atoms with E-state index in [2.05, 4.69) is 5.32 Å². The van der Waals surface area contributed by atoms with Crippen molar-refractivity contribution in [2.24, 2.45) is 5.92 Å². The van der Waals surface area contributed by atoms with E-state index >= 15 is 0 Å². The lowest BCUT2D eigenvalue weighted by atomic mass is 9.98. The fourth-order valence-electron chi connectivity index (χ4n) is 2.87. The minimum atomic E-state index is -3.48. The van der Waals surface area contributed by atoms with E-state index in [1.807, 2.05) is 31.2 Å². The Bertz CT molecular complexity index is 691. The predicted octanol–water partition coefficient (Wildman–Crippen LogP) is 1.22. The van der Waals surface area contributed by atoms with Gasteiger partial charge in [0, 0.05) is 39.3 Å². The number of nitrogens with zero attached hydrogens (tertiary/aromatic N) is 2. The van der Waals surface area contributed by atoms with E-state index in [0.29, 0.717) is 32.5 Å². The number of ether oxygens (including phenoxy) is 1. The maximum absolute atomic E-state index is 12.5. The van der Waals surface area contributed by atoms with Gasteiger partial charge in [0.15, 0.2) is 0 Å². The summed E-state index contributed by atoms with van der Waals surface area (Å²) in [6.45, 7) is 3.52. The average Bonchev–Trinajstić information content (AvgIpc) is 2.61. The summed E-state index contributed by atoms with van der Waals surface area (Å²) in [7, 11) is -0.474. The molecule has 0 bridgehead atoms. The molecule has 0 aromatic heterocycles. The van der Waals surface area contributed by atoms with Crippen molar-refractivity contribution >= 4 is 16.1 Å². The fourth-order valence-corrected chi connectivity index (χ4v) is 4.06. The zero-order valence-electron chi connectivity index (χ0n) is 15.1. The van der Waals surface area contributed by atoms with Crippen molar-refractivity contribution in [3.8, 4) is 5.75 Å². The van der Waals surface area contributed by atoms with Gasteiger partial charge in [-0.2, -0.15) is 17.0 Å². The summed E-state index contributed by atoms with van der Waals surface area (Å²) < 4.78 is 32.6. The number of hydrogen-bond acceptors (Lipinski definition) is 4. The van der Waals surface area contributed by atoms with Crippen molar-refractivity contribution in [1.82, 2.24) is 13.9 Å². The van der Waals surface area contributed by atoms with Gasteiger partial charge < -0.3 is 10.1 Å². The van der Waals surface area contributed by atoms with Gasteiger partial charge in [-0.15, -0.1) is 0 Å². The monoisotopic (exact) mass is 369 g/mol. The Morgan fingerprint density at radius 1 is 1.36 bits per heavy atom. The van der Waals surface area contributed by atoms with E-state index in [9.17, 15) is 13.2 Å². The quantitative estimate of drug-likeness (QED) is 0.784. The molecular formula is C17H27N3O4S. The van der Waals surface area contributed by atoms with Gasteiger partial charge in [-0.3, -0.25) is 4.79 Å². The third-order valence-electron chi connectivity index (χ3n) is 4.27. The molecule has 140 valence electrons. The number of hydrogen-bond donors (Lipinski definition) is 1. The normalized spacial score (nSPS) is 19.0. The van der Waals surface area contributed by atoms with E-state index in [1.165, 1.54) is 22.7 Å². The maximum atomic E-state index is 12.5. The number of para-hydroxylation sites is 1. The van der Waals surface area contributed by atoms with Crippen molar-refractivity contribution in [3.05, 3.63) is 29.8 Å². The van der Waals surface area contributed by atoms with E-state index in [-0.39, 0.29) is 18.4 Å². The lowest BCUT2D eigenvalue weighted by molar-refractivity contribution is -0.126. The van der Waals surface area contributed by atoms with Crippen molar-refractivity contribution in [3.63, 3.8) is 0 Å². The lowest BCUT2D eigenvalue weighted by Crippen LogP contribution is -2.48. The molecule has 1 N–H and O–H groups in total. The Morgan fingerprint density at radius 3 is 2.76 bits per heavy atom. The van der Waals surface area contributed by atoms with Crippen LogP contribution < -0.4 is 10.1 Å². The van der Waals surface area contributed by atoms with Gasteiger partial charge in [-0.25, -0.2) is 0 Å². The topological polar surface area (TPSA) is 79.0 Å². The number of nitrogens with one attached hydrogen (secondary N) is 1. The zero-order chi connectivity index (χ0) is 18.4. The molecule has 1 aromatic rings. The molecule has 25 heavy (non-hydrogen) atoms. The van der Waals surface area contributed by atoms with Crippen molar-refractivity contribution in [1.29, 1.82) is 0 Å². The second kappa shape index (κ2) is 8.64. The number of amides is 1. The molecule has 1 saturated heterocycles. The van der Waals surface area contributed by atoms with E-state index in [0.717, 1.165) is 11.3 Å². The molecule has 1 heterocycles. The van der Waals surface area contributed by atoms with Crippen LogP contribution in [0.1, 0.15) is 25.3 Å². The van der Waals surface area contributed by atoms with Crippen LogP contribution in [0.5, 0.6) is 5.75 Å². The van der Waals surface area contributed by atoms with Crippen LogP contribution in [0.2, 0.25) is 0 Å². The van der Waals surface area contributed by atoms with Crippen molar-refractivity contribution in [2.45, 2.75) is 26.3 Å². The molecule has 1 amide bonds. The predicted molar refractivity (Wildman–Crippen MR) is 96.4 cm³/mol. The van der Waals surface area contributed by atoms with Crippen LogP contribution in [-0.2, 0) is 21.5 Å². The highest BCUT2D eigenvalue weighted by atomic mass is 32.2. The Kier molecular flexibility index (Phi) is 6.80. The molecule has 7 nitrogen and oxygen atoms in total. The van der Waals surface area contributed by atoms with Gasteiger partial charge in [0.1, 0.15) is 5.75 Å². The summed E-state index contributed by atoms with van der Waals surface area (Å²) in [4.78, 5) is 12.5. The highest BCUT2D eigenvalue weighted by molar-refractivity contribution is 7.86. The van der Waals surface area contributed by atoms with Gasteiger partial charge in [-0.05, 0) is 25.8 Å². The SMILES string of the molecule is CCOc1ccccc1CNC(=O)[C@H]1CCCN(S(=O)(=O)N(C)C)C1. The third-order valence-corrected chi connectivity index (χ3v) is 6.18. The lowest BCUT2D eigenvalue weighted by Gasteiger charge is -2.32. The van der Waals surface area contributed by atoms with Gasteiger partial charge in [-0.1, -0.05) is 18.2 Å². The van der Waals surface area contributed by atoms with Crippen LogP contribution >= 0.6 is 0 Å². The first-order chi connectivity index (χ1) is 11.9. The summed E-state index contributed by atoms with van der Waals surface area (Å²) in [6.07, 6.45) is 1.37. The van der Waals surface area contributed by atoms with E-state index in [1.54, 1.807) is 0 Å². The van der Waals surface area contributed by atoms with E-state index in [4.69, 9.17) is 4.74 Å². The molecule has 1 atom stereocenters. The molecular weight excluding hydrogens is 342 g/mol. The summed E-state index contributed by atoms with van der Waals surface area (Å²) >= 11 is 0. The number of carbonyl (C=O) groups is 1. The summed E-state index contributed by atoms with van der Waals surface area (Å²) in [5, 5.41) is 2.91. The van der Waals surface area contributed by atoms with Crippen LogP contribution in [0, 0.1) is 5.92 Å². The standard InChI is InChI=1S/C17H27N3O4S/c1-4-24-16-10-6-5-8-14(16)12-18-17(21)15-9-7-11-20(13-15)25(22,23)19(2)3/h5-6,8,10,15H,4,7,9,11-13H2,1-3H3,(H,18,21)/t15-/m0/s1. The molecule has 0 radical (unpaired) electrons. The molecule has 1 aliphatic heterocycles. The molecule has 1 aromatic carbocycles. The summed E-state index contributed by atoms with van der Waals surface area (Å²) in [6, 6.07) is 7.57. The fraction of sp³-hybridized carbons (Fsp3) is 0.588. The zero-order valence-corrected chi connectivity index (χ0v) is 15.9. The Hall–Kier alpha value is -1.64. The molecule has 0 spiro atoms. The van der Waals surface area contributed by atoms with Crippen LogP contribution in [0.25, 0.3) is 0 Å². The average molecular weight is 369 g/mol. The van der Waals surface area contributed by atoms with Crippen molar-refractivity contribution < 1.29 is 17.9 Å². The Morgan fingerprint density at radius 2 is 2.08 bits per heavy atom. The van der Waals surface area contributed by atoms with E-state index < -0.39 is 10.2 Å². The van der Waals surface area contributed by atoms with Crippen LogP contribution in [0.3, 0.4) is 0 Å². The third kappa shape index (κ3) is 4.93. The second-order valence-corrected chi connectivity index (χ2v) is 8.39. The minimum absolute atomic E-state index is 0.120. The van der Waals surface area contributed by atoms with Crippen LogP contribution in [-0.4, -0.2) is 56.7 Å². The smallest absolute Gasteiger partial charge is 0.281 e. The first-order valence-electron chi connectivity index (χ1n) is 8.52. The number of carbonyl (C=O) groups excluding carboxylic acids is 1. The summed E-state index contributed by atoms with van der Waals surface area (Å²) in [5.74, 6) is 0.304. The first kappa shape index (κ1) is 19.7. The number of rotatable bonds is 7. The van der Waals surface area contributed by atoms with Gasteiger partial charge >= 0.3 is 0 Å². The van der Waals surface area contributed by atoms with Crippen molar-refractivity contribution in [2.75, 3.05) is 33.8 Å². The largest absolute Gasteiger partial charge is 0.494 e. The molecule has 0 aliphatic carbocycles. The van der Waals surface area contributed by atoms with Gasteiger partial charge in [0.2, 0.25) is 5.91 Å². The molecule has 1 fully saturated rings. The highest BCUT2D eigenvalue weighted by Gasteiger charge is 2.33. The molecule has 1 aliphatic rings. The molecule has 0 saturated carbocycles. The Labute approximate surface area is 150 Å². The highest BCUT2D eigenvalue weighted by Crippen LogP contribution is 2.21. The van der Waals surface area contributed by atoms with Gasteiger partial charge in [0.05, 0.1) is 12.5 Å². The maximum Gasteiger partial charge on any atom is 0.281 e. The Balaban J connectivity index is 1.97. The van der Waals surface area contributed by atoms with Crippen LogP contribution in [0.4, 0.5) is 0 Å². The first-order valence-corrected chi connectivity index (χ1v) is 9.92. The van der Waals surface area contributed by atoms with Crippen LogP contribution in [0.15, 0.2) is 24.3 Å². The molecule has 0 unspecified atom stereocenters. The summed E-state index contributed by atoms with van der Waals surface area (Å²) in [5.41, 5.74) is 0.909. The van der Waals surface area contributed by atoms with Gasteiger partial charge in [0.25, 0.3) is 10.2 Å². The minimum Gasteiger partial charge on any atom is -0.494 e. The second-order valence-electron chi connectivity index (χ2n) is 6.25. The molecule has 8 heteroatoms.